The lowest BCUT2D eigenvalue weighted by Gasteiger charge is -2.14. The fourth-order valence-corrected chi connectivity index (χ4v) is 1.55. The van der Waals surface area contributed by atoms with E-state index in [0.717, 1.165) is 0 Å². The molecule has 0 amide bonds. The maximum absolute atomic E-state index is 12.5. The molecule has 0 unspecified atom stereocenters. The van der Waals surface area contributed by atoms with Crippen LogP contribution in [0.2, 0.25) is 0 Å². The molecule has 0 N–H and O–H groups in total. The van der Waals surface area contributed by atoms with Crippen molar-refractivity contribution in [3.63, 3.8) is 0 Å². The second-order valence-corrected chi connectivity index (χ2v) is 2.89. The van der Waals surface area contributed by atoms with Crippen molar-refractivity contribution in [1.82, 2.24) is 4.90 Å². The molecule has 0 aromatic heterocycles. The van der Waals surface area contributed by atoms with Crippen LogP contribution in [0.5, 0.6) is 0 Å². The Morgan fingerprint density at radius 1 is 1.78 bits per heavy atom. The number of hydrogen-bond acceptors (Lipinski definition) is 1. The molecular formula is C6H11ClFN. The highest BCUT2D eigenvalue weighted by Crippen LogP contribution is 2.18. The van der Waals surface area contributed by atoms with E-state index in [2.05, 4.69) is 0 Å². The largest absolute Gasteiger partial charge is 0.299 e. The third kappa shape index (κ3) is 1.55. The average Bonchev–Trinajstić information content (AvgIpc) is 2.10. The molecule has 0 aliphatic carbocycles. The molecule has 0 bridgehead atoms. The van der Waals surface area contributed by atoms with Gasteiger partial charge in [0.05, 0.1) is 0 Å². The van der Waals surface area contributed by atoms with Gasteiger partial charge < -0.3 is 0 Å². The summed E-state index contributed by atoms with van der Waals surface area (Å²) in [4.78, 5) is 1.97. The Morgan fingerprint density at radius 2 is 2.44 bits per heavy atom. The summed E-state index contributed by atoms with van der Waals surface area (Å²) >= 11 is 5.56. The maximum Gasteiger partial charge on any atom is 0.114 e. The van der Waals surface area contributed by atoms with Crippen molar-refractivity contribution in [2.75, 3.05) is 19.5 Å². The Morgan fingerprint density at radius 3 is 2.67 bits per heavy atom. The van der Waals surface area contributed by atoms with Gasteiger partial charge in [-0.3, -0.25) is 4.90 Å². The highest BCUT2D eigenvalue weighted by Gasteiger charge is 2.27. The zero-order valence-corrected chi connectivity index (χ0v) is 6.24. The van der Waals surface area contributed by atoms with E-state index in [1.54, 1.807) is 0 Å². The van der Waals surface area contributed by atoms with Crippen molar-refractivity contribution in [3.8, 4) is 0 Å². The Kier molecular flexibility index (Phi) is 2.30. The summed E-state index contributed by atoms with van der Waals surface area (Å²) in [5.74, 6) is 0.553. The van der Waals surface area contributed by atoms with Crippen LogP contribution in [0.3, 0.4) is 0 Å². The van der Waals surface area contributed by atoms with Crippen LogP contribution in [-0.2, 0) is 0 Å². The molecule has 1 aliphatic heterocycles. The summed E-state index contributed by atoms with van der Waals surface area (Å²) in [6.45, 7) is 0.553. The van der Waals surface area contributed by atoms with Gasteiger partial charge in [-0.25, -0.2) is 4.39 Å². The Bertz CT molecular complexity index is 99.1. The van der Waals surface area contributed by atoms with Crippen LogP contribution in [0.15, 0.2) is 0 Å². The van der Waals surface area contributed by atoms with Gasteiger partial charge in [-0.1, -0.05) is 0 Å². The van der Waals surface area contributed by atoms with Crippen molar-refractivity contribution in [2.24, 2.45) is 0 Å². The molecule has 0 aromatic carbocycles. The van der Waals surface area contributed by atoms with Crippen molar-refractivity contribution in [2.45, 2.75) is 18.6 Å². The van der Waals surface area contributed by atoms with E-state index < -0.39 is 6.17 Å². The number of nitrogens with zero attached hydrogens (tertiary/aromatic N) is 1. The lowest BCUT2D eigenvalue weighted by molar-refractivity contribution is 0.304. The van der Waals surface area contributed by atoms with Gasteiger partial charge in [0.15, 0.2) is 0 Å². The quantitative estimate of drug-likeness (QED) is 0.511. The molecule has 1 saturated heterocycles. The van der Waals surface area contributed by atoms with Gasteiger partial charge in [-0.15, -0.1) is 11.6 Å². The first-order valence-electron chi connectivity index (χ1n) is 3.14. The lowest BCUT2D eigenvalue weighted by Crippen LogP contribution is -2.26. The molecule has 1 rings (SSSR count). The van der Waals surface area contributed by atoms with Crippen LogP contribution in [0.4, 0.5) is 4.39 Å². The minimum absolute atomic E-state index is 0.265. The summed E-state index contributed by atoms with van der Waals surface area (Å²) in [5.41, 5.74) is 0. The molecule has 1 nitrogen and oxygen atoms in total. The predicted octanol–water partition coefficient (Wildman–Crippen LogP) is 1.27. The average molecular weight is 152 g/mol. The third-order valence-corrected chi connectivity index (χ3v) is 2.17. The second-order valence-electron chi connectivity index (χ2n) is 2.58. The van der Waals surface area contributed by atoms with Crippen LogP contribution >= 0.6 is 11.6 Å². The maximum atomic E-state index is 12.5. The van der Waals surface area contributed by atoms with Gasteiger partial charge >= 0.3 is 0 Å². The van der Waals surface area contributed by atoms with Crippen LogP contribution in [0, 0.1) is 0 Å². The highest BCUT2D eigenvalue weighted by atomic mass is 35.5. The number of rotatable bonds is 1. The van der Waals surface area contributed by atoms with E-state index in [9.17, 15) is 4.39 Å². The van der Waals surface area contributed by atoms with Gasteiger partial charge in [0, 0.05) is 18.5 Å². The van der Waals surface area contributed by atoms with E-state index in [-0.39, 0.29) is 6.04 Å². The third-order valence-electron chi connectivity index (χ3n) is 1.82. The minimum atomic E-state index is -0.654. The number of likely N-dealkylation sites (tertiary alicyclic amines) is 1. The van der Waals surface area contributed by atoms with E-state index >= 15 is 0 Å². The first-order chi connectivity index (χ1) is 4.24. The van der Waals surface area contributed by atoms with Crippen LogP contribution in [-0.4, -0.2) is 36.6 Å². The first kappa shape index (κ1) is 7.29. The van der Waals surface area contributed by atoms with Gasteiger partial charge in [-0.2, -0.15) is 0 Å². The molecular weight excluding hydrogens is 141 g/mol. The summed E-state index contributed by atoms with van der Waals surface area (Å²) in [6.07, 6.45) is -0.0428. The van der Waals surface area contributed by atoms with Crippen LogP contribution < -0.4 is 0 Å². The second kappa shape index (κ2) is 2.84. The summed E-state index contributed by atoms with van der Waals surface area (Å²) in [7, 11) is 1.91. The minimum Gasteiger partial charge on any atom is -0.299 e. The molecule has 9 heavy (non-hydrogen) atoms. The number of halogens is 2. The smallest absolute Gasteiger partial charge is 0.114 e. The molecule has 1 fully saturated rings. The van der Waals surface area contributed by atoms with Crippen molar-refractivity contribution in [3.05, 3.63) is 0 Å². The van der Waals surface area contributed by atoms with Crippen molar-refractivity contribution >= 4 is 11.6 Å². The topological polar surface area (TPSA) is 3.24 Å². The Balaban J connectivity index is 2.38. The summed E-state index contributed by atoms with van der Waals surface area (Å²) < 4.78 is 12.5. The zero-order chi connectivity index (χ0) is 6.85. The standard InChI is InChI=1S/C6H11ClFN/c1-9-4-5(8)2-6(9)3-7/h5-6H,2-4H2,1H3/t5-,6+/m1/s1. The van der Waals surface area contributed by atoms with E-state index in [0.29, 0.717) is 18.8 Å². The fourth-order valence-electron chi connectivity index (χ4n) is 1.19. The summed E-state index contributed by atoms with van der Waals surface area (Å²) in [6, 6.07) is 0.265. The van der Waals surface area contributed by atoms with Gasteiger partial charge in [0.25, 0.3) is 0 Å². The number of alkyl halides is 2. The zero-order valence-electron chi connectivity index (χ0n) is 5.48. The van der Waals surface area contributed by atoms with Gasteiger partial charge in [0.2, 0.25) is 0 Å². The van der Waals surface area contributed by atoms with Crippen LogP contribution in [0.25, 0.3) is 0 Å². The fraction of sp³-hybridized carbons (Fsp3) is 1.00. The lowest BCUT2D eigenvalue weighted by atomic mass is 10.2. The molecule has 0 saturated carbocycles. The predicted molar refractivity (Wildman–Crippen MR) is 36.7 cm³/mol. The SMILES string of the molecule is CN1C[C@H](F)C[C@H]1CCl. The molecule has 3 heteroatoms. The monoisotopic (exact) mass is 151 g/mol. The molecule has 0 aromatic rings. The van der Waals surface area contributed by atoms with Crippen molar-refractivity contribution < 1.29 is 4.39 Å². The number of hydrogen-bond donors (Lipinski definition) is 0. The van der Waals surface area contributed by atoms with Gasteiger partial charge in [-0.05, 0) is 13.5 Å². The van der Waals surface area contributed by atoms with Crippen molar-refractivity contribution in [1.29, 1.82) is 0 Å². The van der Waals surface area contributed by atoms with E-state index in [1.807, 2.05) is 11.9 Å². The first-order valence-corrected chi connectivity index (χ1v) is 3.67. The van der Waals surface area contributed by atoms with Gasteiger partial charge in [0.1, 0.15) is 6.17 Å². The Labute approximate surface area is 59.8 Å². The summed E-state index contributed by atoms with van der Waals surface area (Å²) in [5, 5.41) is 0. The Hall–Kier alpha value is 0.180. The molecule has 1 aliphatic rings. The molecule has 0 radical (unpaired) electrons. The molecule has 0 spiro atoms. The van der Waals surface area contributed by atoms with Crippen LogP contribution in [0.1, 0.15) is 6.42 Å². The molecule has 1 heterocycles. The highest BCUT2D eigenvalue weighted by molar-refractivity contribution is 6.18. The van der Waals surface area contributed by atoms with E-state index in [4.69, 9.17) is 11.6 Å². The van der Waals surface area contributed by atoms with E-state index in [1.165, 1.54) is 0 Å². The molecule has 54 valence electrons. The molecule has 2 atom stereocenters. The normalized spacial score (nSPS) is 37.7.